The molecule has 5 heteroatoms. The number of hydrogen-bond donors (Lipinski definition) is 1. The summed E-state index contributed by atoms with van der Waals surface area (Å²) in [5, 5.41) is 4.72. The second-order valence-electron chi connectivity index (χ2n) is 2.97. The van der Waals surface area contributed by atoms with Crippen molar-refractivity contribution in [3.8, 4) is 0 Å². The summed E-state index contributed by atoms with van der Waals surface area (Å²) >= 11 is 0. The molecule has 0 aliphatic heterocycles. The Bertz CT molecular complexity index is 667. The summed E-state index contributed by atoms with van der Waals surface area (Å²) in [6.45, 7) is 0. The van der Waals surface area contributed by atoms with Crippen molar-refractivity contribution in [2.75, 3.05) is 0 Å². The van der Waals surface area contributed by atoms with Gasteiger partial charge in [-0.2, -0.15) is 9.61 Å². The molecule has 68 valence electrons. The Kier molecular flexibility index (Phi) is 1.25. The number of aromatic amines is 1. The molecule has 0 saturated carbocycles. The molecule has 2 aromatic heterocycles. The van der Waals surface area contributed by atoms with E-state index in [0.29, 0.717) is 5.65 Å². The zero-order chi connectivity index (χ0) is 9.54. The van der Waals surface area contributed by atoms with Gasteiger partial charge >= 0.3 is 5.69 Å². The molecule has 3 rings (SSSR count). The van der Waals surface area contributed by atoms with E-state index in [2.05, 4.69) is 15.1 Å². The van der Waals surface area contributed by atoms with Crippen LogP contribution in [-0.4, -0.2) is 19.6 Å². The summed E-state index contributed by atoms with van der Waals surface area (Å²) in [6.07, 6.45) is 1.37. The van der Waals surface area contributed by atoms with Gasteiger partial charge < -0.3 is 4.98 Å². The van der Waals surface area contributed by atoms with Gasteiger partial charge in [-0.1, -0.05) is 12.1 Å². The lowest BCUT2D eigenvalue weighted by molar-refractivity contribution is 0.881. The van der Waals surface area contributed by atoms with Gasteiger partial charge in [-0.15, -0.1) is 0 Å². The van der Waals surface area contributed by atoms with E-state index in [0.717, 1.165) is 10.9 Å². The number of fused-ring (bicyclic) bond motifs is 3. The molecule has 1 aromatic carbocycles. The van der Waals surface area contributed by atoms with Crippen LogP contribution in [0.3, 0.4) is 0 Å². The molecule has 0 spiro atoms. The SMILES string of the molecule is O=c1[nH]c2ccccc2c2ncnn12. The quantitative estimate of drug-likeness (QED) is 0.558. The highest BCUT2D eigenvalue weighted by Gasteiger charge is 2.04. The predicted molar refractivity (Wildman–Crippen MR) is 51.1 cm³/mol. The molecule has 0 aliphatic rings. The minimum absolute atomic E-state index is 0.267. The summed E-state index contributed by atoms with van der Waals surface area (Å²) in [5.74, 6) is 0. The third-order valence-corrected chi connectivity index (χ3v) is 2.15. The lowest BCUT2D eigenvalue weighted by atomic mass is 10.2. The van der Waals surface area contributed by atoms with E-state index in [9.17, 15) is 4.79 Å². The maximum atomic E-state index is 11.5. The van der Waals surface area contributed by atoms with E-state index < -0.39 is 0 Å². The van der Waals surface area contributed by atoms with Crippen molar-refractivity contribution in [3.05, 3.63) is 41.1 Å². The van der Waals surface area contributed by atoms with Gasteiger partial charge in [0.25, 0.3) is 0 Å². The van der Waals surface area contributed by atoms with Crippen molar-refractivity contribution in [1.82, 2.24) is 19.6 Å². The van der Waals surface area contributed by atoms with Crippen LogP contribution in [0.1, 0.15) is 0 Å². The molecule has 2 heterocycles. The van der Waals surface area contributed by atoms with Gasteiger partial charge in [0.05, 0.1) is 5.52 Å². The van der Waals surface area contributed by atoms with Crippen molar-refractivity contribution in [1.29, 1.82) is 0 Å². The molecule has 0 fully saturated rings. The van der Waals surface area contributed by atoms with E-state index in [1.807, 2.05) is 24.3 Å². The van der Waals surface area contributed by atoms with Crippen molar-refractivity contribution in [3.63, 3.8) is 0 Å². The van der Waals surface area contributed by atoms with Gasteiger partial charge in [0.1, 0.15) is 6.33 Å². The van der Waals surface area contributed by atoms with Crippen LogP contribution in [-0.2, 0) is 0 Å². The summed E-state index contributed by atoms with van der Waals surface area (Å²) in [5.41, 5.74) is 1.10. The average Bonchev–Trinajstić information content (AvgIpc) is 2.67. The predicted octanol–water partition coefficient (Wildman–Crippen LogP) is 0.571. The molecule has 3 aromatic rings. The average molecular weight is 186 g/mol. The van der Waals surface area contributed by atoms with E-state index in [1.54, 1.807) is 0 Å². The molecule has 0 bridgehead atoms. The highest BCUT2D eigenvalue weighted by molar-refractivity contribution is 5.90. The Labute approximate surface area is 78.0 Å². The van der Waals surface area contributed by atoms with Crippen LogP contribution < -0.4 is 5.69 Å². The number of nitrogens with one attached hydrogen (secondary N) is 1. The third-order valence-electron chi connectivity index (χ3n) is 2.15. The summed E-state index contributed by atoms with van der Waals surface area (Å²) < 4.78 is 1.25. The number of nitrogens with zero attached hydrogens (tertiary/aromatic N) is 3. The minimum Gasteiger partial charge on any atom is -0.305 e. The van der Waals surface area contributed by atoms with Crippen LogP contribution in [0.5, 0.6) is 0 Å². The van der Waals surface area contributed by atoms with Crippen LogP contribution in [0, 0.1) is 0 Å². The smallest absolute Gasteiger partial charge is 0.305 e. The number of aromatic nitrogens is 4. The fourth-order valence-electron chi connectivity index (χ4n) is 1.53. The first-order valence-corrected chi connectivity index (χ1v) is 4.17. The zero-order valence-electron chi connectivity index (χ0n) is 7.14. The standard InChI is InChI=1S/C9H6N4O/c14-9-12-7-4-2-1-3-6(7)8-10-5-11-13(8)9/h1-5H,(H,12,14). The van der Waals surface area contributed by atoms with Crippen LogP contribution >= 0.6 is 0 Å². The van der Waals surface area contributed by atoms with Gasteiger partial charge in [0.2, 0.25) is 0 Å². The Balaban J connectivity index is 2.73. The normalized spacial score (nSPS) is 11.1. The molecule has 0 atom stereocenters. The number of benzene rings is 1. The molecule has 1 N–H and O–H groups in total. The summed E-state index contributed by atoms with van der Waals surface area (Å²) in [6, 6.07) is 7.50. The maximum Gasteiger partial charge on any atom is 0.348 e. The minimum atomic E-state index is -0.267. The second kappa shape index (κ2) is 2.41. The fourth-order valence-corrected chi connectivity index (χ4v) is 1.53. The monoisotopic (exact) mass is 186 g/mol. The molecule has 0 amide bonds. The van der Waals surface area contributed by atoms with Crippen molar-refractivity contribution in [2.45, 2.75) is 0 Å². The highest BCUT2D eigenvalue weighted by Crippen LogP contribution is 2.12. The molecule has 0 saturated heterocycles. The first-order chi connectivity index (χ1) is 6.86. The number of para-hydroxylation sites is 1. The molecule has 0 unspecified atom stereocenters. The lowest BCUT2D eigenvalue weighted by Gasteiger charge is -1.97. The zero-order valence-corrected chi connectivity index (χ0v) is 7.14. The number of H-pyrrole nitrogens is 1. The summed E-state index contributed by atoms with van der Waals surface area (Å²) in [7, 11) is 0. The Morgan fingerprint density at radius 1 is 1.29 bits per heavy atom. The van der Waals surface area contributed by atoms with E-state index >= 15 is 0 Å². The second-order valence-corrected chi connectivity index (χ2v) is 2.97. The van der Waals surface area contributed by atoms with Crippen LogP contribution in [0.25, 0.3) is 16.6 Å². The lowest BCUT2D eigenvalue weighted by Crippen LogP contribution is -2.17. The first-order valence-electron chi connectivity index (χ1n) is 4.17. The van der Waals surface area contributed by atoms with Crippen molar-refractivity contribution in [2.24, 2.45) is 0 Å². The van der Waals surface area contributed by atoms with Gasteiger partial charge in [0.15, 0.2) is 5.65 Å². The molecule has 5 nitrogen and oxygen atoms in total. The molecular weight excluding hydrogens is 180 g/mol. The first kappa shape index (κ1) is 7.25. The van der Waals surface area contributed by atoms with E-state index in [-0.39, 0.29) is 5.69 Å². The van der Waals surface area contributed by atoms with Crippen LogP contribution in [0.4, 0.5) is 0 Å². The topological polar surface area (TPSA) is 63.0 Å². The fraction of sp³-hybridized carbons (Fsp3) is 0. The number of hydrogen-bond acceptors (Lipinski definition) is 3. The molecular formula is C9H6N4O. The molecule has 14 heavy (non-hydrogen) atoms. The largest absolute Gasteiger partial charge is 0.348 e. The number of rotatable bonds is 0. The Hall–Kier alpha value is -2.17. The van der Waals surface area contributed by atoms with Crippen LogP contribution in [0.15, 0.2) is 35.4 Å². The van der Waals surface area contributed by atoms with E-state index in [4.69, 9.17) is 0 Å². The van der Waals surface area contributed by atoms with E-state index in [1.165, 1.54) is 10.8 Å². The Morgan fingerprint density at radius 3 is 3.07 bits per heavy atom. The molecule has 0 radical (unpaired) electrons. The van der Waals surface area contributed by atoms with Gasteiger partial charge in [-0.3, -0.25) is 0 Å². The molecule has 0 aliphatic carbocycles. The van der Waals surface area contributed by atoms with Gasteiger partial charge in [-0.05, 0) is 12.1 Å². The Morgan fingerprint density at radius 2 is 2.14 bits per heavy atom. The van der Waals surface area contributed by atoms with Crippen molar-refractivity contribution >= 4 is 16.6 Å². The maximum absolute atomic E-state index is 11.5. The van der Waals surface area contributed by atoms with Crippen molar-refractivity contribution < 1.29 is 0 Å². The van der Waals surface area contributed by atoms with Gasteiger partial charge in [0, 0.05) is 5.39 Å². The highest BCUT2D eigenvalue weighted by atomic mass is 16.1. The third kappa shape index (κ3) is 0.806. The van der Waals surface area contributed by atoms with Crippen LogP contribution in [0.2, 0.25) is 0 Å². The summed E-state index contributed by atoms with van der Waals surface area (Å²) in [4.78, 5) is 18.2. The van der Waals surface area contributed by atoms with Gasteiger partial charge in [-0.25, -0.2) is 9.78 Å².